The van der Waals surface area contributed by atoms with Gasteiger partial charge in [0.25, 0.3) is 5.91 Å². The molecule has 1 atom stereocenters. The minimum absolute atomic E-state index is 0.0204. The minimum atomic E-state index is -3.55. The molecular formula is C18H27N3O3S. The molecule has 1 aliphatic carbocycles. The molecule has 2 aliphatic rings. The molecule has 1 heterocycles. The standard InChI is InChI=1S/C18H27N3O3S/c19-17(14-8-9-14)13-20-18(22)15-6-5-7-16(12-15)25(23,24)21-10-3-1-2-4-11-21/h5-7,12,14,17H,1-4,8-11,13,19H2,(H,20,22). The van der Waals surface area contributed by atoms with E-state index < -0.39 is 10.0 Å². The van der Waals surface area contributed by atoms with Crippen LogP contribution in [0, 0.1) is 5.92 Å². The van der Waals surface area contributed by atoms with Crippen molar-refractivity contribution in [1.82, 2.24) is 9.62 Å². The quantitative estimate of drug-likeness (QED) is 0.803. The number of nitrogens with one attached hydrogen (secondary N) is 1. The number of rotatable bonds is 6. The largest absolute Gasteiger partial charge is 0.350 e. The van der Waals surface area contributed by atoms with E-state index in [0.29, 0.717) is 31.1 Å². The third kappa shape index (κ3) is 4.59. The van der Waals surface area contributed by atoms with Gasteiger partial charge >= 0.3 is 0 Å². The van der Waals surface area contributed by atoms with Crippen molar-refractivity contribution in [2.75, 3.05) is 19.6 Å². The van der Waals surface area contributed by atoms with Gasteiger partial charge in [0.05, 0.1) is 4.90 Å². The maximum atomic E-state index is 12.9. The van der Waals surface area contributed by atoms with E-state index >= 15 is 0 Å². The normalized spacial score (nSPS) is 20.7. The molecular weight excluding hydrogens is 338 g/mol. The molecule has 1 aliphatic heterocycles. The third-order valence-corrected chi connectivity index (χ3v) is 6.92. The molecule has 1 aromatic carbocycles. The van der Waals surface area contributed by atoms with Crippen molar-refractivity contribution in [1.29, 1.82) is 0 Å². The summed E-state index contributed by atoms with van der Waals surface area (Å²) in [5, 5.41) is 2.82. The van der Waals surface area contributed by atoms with Crippen molar-refractivity contribution in [2.24, 2.45) is 11.7 Å². The Bertz CT molecular complexity index is 708. The fourth-order valence-corrected chi connectivity index (χ4v) is 4.80. The molecule has 0 spiro atoms. The van der Waals surface area contributed by atoms with Gasteiger partial charge in [-0.2, -0.15) is 4.31 Å². The lowest BCUT2D eigenvalue weighted by Crippen LogP contribution is -2.38. The average Bonchev–Trinajstić information content (AvgIpc) is 3.46. The molecule has 1 saturated heterocycles. The first-order valence-corrected chi connectivity index (χ1v) is 10.6. The zero-order valence-corrected chi connectivity index (χ0v) is 15.3. The van der Waals surface area contributed by atoms with Crippen LogP contribution in [0.5, 0.6) is 0 Å². The molecule has 1 aromatic rings. The van der Waals surface area contributed by atoms with Gasteiger partial charge in [-0.1, -0.05) is 18.9 Å². The van der Waals surface area contributed by atoms with Crippen LogP contribution < -0.4 is 11.1 Å². The van der Waals surface area contributed by atoms with Gasteiger partial charge in [0.15, 0.2) is 0 Å². The van der Waals surface area contributed by atoms with E-state index in [0.717, 1.165) is 38.5 Å². The summed E-state index contributed by atoms with van der Waals surface area (Å²) in [7, 11) is -3.55. The van der Waals surface area contributed by atoms with Gasteiger partial charge in [-0.3, -0.25) is 4.79 Å². The summed E-state index contributed by atoms with van der Waals surface area (Å²) < 4.78 is 27.2. The van der Waals surface area contributed by atoms with Gasteiger partial charge in [-0.25, -0.2) is 8.42 Å². The topological polar surface area (TPSA) is 92.5 Å². The minimum Gasteiger partial charge on any atom is -0.350 e. The van der Waals surface area contributed by atoms with Crippen LogP contribution in [0.1, 0.15) is 48.9 Å². The molecule has 6 nitrogen and oxygen atoms in total. The Labute approximate surface area is 149 Å². The number of carbonyl (C=O) groups is 1. The van der Waals surface area contributed by atoms with Crippen LogP contribution in [0.25, 0.3) is 0 Å². The van der Waals surface area contributed by atoms with E-state index in [4.69, 9.17) is 5.73 Å². The van der Waals surface area contributed by atoms with Crippen molar-refractivity contribution in [3.63, 3.8) is 0 Å². The second-order valence-electron chi connectivity index (χ2n) is 7.06. The summed E-state index contributed by atoms with van der Waals surface area (Å²) in [5.41, 5.74) is 6.36. The van der Waals surface area contributed by atoms with E-state index in [1.165, 1.54) is 6.07 Å². The van der Waals surface area contributed by atoms with Crippen molar-refractivity contribution < 1.29 is 13.2 Å². The number of carbonyl (C=O) groups excluding carboxylic acids is 1. The molecule has 1 saturated carbocycles. The highest BCUT2D eigenvalue weighted by Gasteiger charge is 2.29. The highest BCUT2D eigenvalue weighted by molar-refractivity contribution is 7.89. The van der Waals surface area contributed by atoms with Crippen LogP contribution in [0.3, 0.4) is 0 Å². The lowest BCUT2D eigenvalue weighted by Gasteiger charge is -2.20. The number of nitrogens with zero attached hydrogens (tertiary/aromatic N) is 1. The highest BCUT2D eigenvalue weighted by atomic mass is 32.2. The molecule has 2 fully saturated rings. The van der Waals surface area contributed by atoms with E-state index in [1.54, 1.807) is 22.5 Å². The molecule has 138 valence electrons. The lowest BCUT2D eigenvalue weighted by atomic mass is 10.2. The van der Waals surface area contributed by atoms with Crippen molar-refractivity contribution >= 4 is 15.9 Å². The van der Waals surface area contributed by atoms with Crippen LogP contribution in [0.4, 0.5) is 0 Å². The predicted molar refractivity (Wildman–Crippen MR) is 96.7 cm³/mol. The maximum Gasteiger partial charge on any atom is 0.251 e. The summed E-state index contributed by atoms with van der Waals surface area (Å²) in [6.45, 7) is 1.52. The average molecular weight is 365 g/mol. The molecule has 1 unspecified atom stereocenters. The van der Waals surface area contributed by atoms with Gasteiger partial charge in [0.1, 0.15) is 0 Å². The fraction of sp³-hybridized carbons (Fsp3) is 0.611. The number of nitrogens with two attached hydrogens (primary N) is 1. The van der Waals surface area contributed by atoms with Crippen LogP contribution >= 0.6 is 0 Å². The fourth-order valence-electron chi connectivity index (χ4n) is 3.23. The van der Waals surface area contributed by atoms with Gasteiger partial charge in [-0.05, 0) is 49.8 Å². The van der Waals surface area contributed by atoms with Gasteiger partial charge in [0.2, 0.25) is 10.0 Å². The molecule has 1 amide bonds. The van der Waals surface area contributed by atoms with Crippen LogP contribution in [-0.4, -0.2) is 44.3 Å². The number of amides is 1. The van der Waals surface area contributed by atoms with Crippen molar-refractivity contribution in [3.8, 4) is 0 Å². The predicted octanol–water partition coefficient (Wildman–Crippen LogP) is 1.72. The van der Waals surface area contributed by atoms with Gasteiger partial charge < -0.3 is 11.1 Å². The summed E-state index contributed by atoms with van der Waals surface area (Å²) in [6, 6.07) is 6.28. The second kappa shape index (κ2) is 7.85. The molecule has 0 bridgehead atoms. The second-order valence-corrected chi connectivity index (χ2v) is 9.00. The van der Waals surface area contributed by atoms with Crippen molar-refractivity contribution in [3.05, 3.63) is 29.8 Å². The SMILES string of the molecule is NC(CNC(=O)c1cccc(S(=O)(=O)N2CCCCCC2)c1)C1CC1. The van der Waals surface area contributed by atoms with E-state index in [2.05, 4.69) is 5.32 Å². The van der Waals surface area contributed by atoms with E-state index in [1.807, 2.05) is 0 Å². The Morgan fingerprint density at radius 3 is 2.52 bits per heavy atom. The Morgan fingerprint density at radius 1 is 1.20 bits per heavy atom. The number of hydrogen-bond acceptors (Lipinski definition) is 4. The Kier molecular flexibility index (Phi) is 5.76. The zero-order chi connectivity index (χ0) is 17.9. The number of hydrogen-bond donors (Lipinski definition) is 2. The van der Waals surface area contributed by atoms with Crippen LogP contribution in [0.2, 0.25) is 0 Å². The molecule has 3 rings (SSSR count). The lowest BCUT2D eigenvalue weighted by molar-refractivity contribution is 0.0950. The van der Waals surface area contributed by atoms with E-state index in [-0.39, 0.29) is 16.8 Å². The highest BCUT2D eigenvalue weighted by Crippen LogP contribution is 2.31. The Morgan fingerprint density at radius 2 is 1.88 bits per heavy atom. The van der Waals surface area contributed by atoms with Gasteiger partial charge in [-0.15, -0.1) is 0 Å². The Hall–Kier alpha value is -1.44. The third-order valence-electron chi connectivity index (χ3n) is 5.02. The molecule has 0 aromatic heterocycles. The first kappa shape index (κ1) is 18.4. The van der Waals surface area contributed by atoms with Crippen LogP contribution in [0.15, 0.2) is 29.2 Å². The van der Waals surface area contributed by atoms with Crippen LogP contribution in [-0.2, 0) is 10.0 Å². The summed E-state index contributed by atoms with van der Waals surface area (Å²) in [5.74, 6) is 0.235. The summed E-state index contributed by atoms with van der Waals surface area (Å²) in [6.07, 6.45) is 6.16. The Balaban J connectivity index is 1.70. The number of benzene rings is 1. The smallest absolute Gasteiger partial charge is 0.251 e. The van der Waals surface area contributed by atoms with Crippen molar-refractivity contribution in [2.45, 2.75) is 49.5 Å². The molecule has 0 radical (unpaired) electrons. The first-order valence-electron chi connectivity index (χ1n) is 9.12. The zero-order valence-electron chi connectivity index (χ0n) is 14.5. The van der Waals surface area contributed by atoms with E-state index in [9.17, 15) is 13.2 Å². The monoisotopic (exact) mass is 365 g/mol. The molecule has 7 heteroatoms. The summed E-state index contributed by atoms with van der Waals surface area (Å²) in [4.78, 5) is 12.5. The molecule has 25 heavy (non-hydrogen) atoms. The summed E-state index contributed by atoms with van der Waals surface area (Å²) >= 11 is 0. The van der Waals surface area contributed by atoms with Gasteiger partial charge in [0, 0.05) is 31.2 Å². The maximum absolute atomic E-state index is 12.9. The first-order chi connectivity index (χ1) is 12.0. The molecule has 3 N–H and O–H groups in total. The number of sulfonamides is 1.